The van der Waals surface area contributed by atoms with Crippen molar-refractivity contribution in [1.82, 2.24) is 0 Å². The molecule has 3 nitrogen and oxygen atoms in total. The summed E-state index contributed by atoms with van der Waals surface area (Å²) in [4.78, 5) is 0.291. The summed E-state index contributed by atoms with van der Waals surface area (Å²) in [6, 6.07) is 3.47. The zero-order valence-corrected chi connectivity index (χ0v) is 14.7. The number of alkyl halides is 2. The van der Waals surface area contributed by atoms with Crippen molar-refractivity contribution in [2.75, 3.05) is 8.86 Å². The molecule has 0 aromatic heterocycles. The number of hydrogen-bond donors (Lipinski definition) is 1. The van der Waals surface area contributed by atoms with Gasteiger partial charge in [0.15, 0.2) is 0 Å². The van der Waals surface area contributed by atoms with Crippen molar-refractivity contribution in [3.63, 3.8) is 0 Å². The third-order valence-electron chi connectivity index (χ3n) is 2.62. The Hall–Kier alpha value is 0.590. The molecule has 1 rings (SSSR count). The Morgan fingerprint density at radius 2 is 1.65 bits per heavy atom. The molecule has 0 bridgehead atoms. The van der Waals surface area contributed by atoms with Gasteiger partial charge in [-0.25, -0.2) is 13.6 Å². The van der Waals surface area contributed by atoms with E-state index in [2.05, 4.69) is 45.2 Å². The van der Waals surface area contributed by atoms with Crippen molar-refractivity contribution in [3.05, 3.63) is 28.8 Å². The fourth-order valence-electron chi connectivity index (χ4n) is 1.87. The highest BCUT2D eigenvalue weighted by Crippen LogP contribution is 2.24. The summed E-state index contributed by atoms with van der Waals surface area (Å²) in [6.45, 7) is 2.02. The van der Waals surface area contributed by atoms with E-state index in [4.69, 9.17) is 5.14 Å². The van der Waals surface area contributed by atoms with E-state index in [0.717, 1.165) is 38.4 Å². The molecule has 0 heterocycles. The van der Waals surface area contributed by atoms with Crippen LogP contribution in [0, 0.1) is 6.92 Å². The van der Waals surface area contributed by atoms with Gasteiger partial charge >= 0.3 is 0 Å². The van der Waals surface area contributed by atoms with Crippen LogP contribution < -0.4 is 5.14 Å². The molecular formula is C11H15I2NO2S. The molecule has 0 radical (unpaired) electrons. The van der Waals surface area contributed by atoms with Gasteiger partial charge in [-0.1, -0.05) is 51.2 Å². The van der Waals surface area contributed by atoms with E-state index >= 15 is 0 Å². The summed E-state index contributed by atoms with van der Waals surface area (Å²) in [7, 11) is -3.62. The molecule has 0 atom stereocenters. The van der Waals surface area contributed by atoms with Crippen molar-refractivity contribution < 1.29 is 8.42 Å². The highest BCUT2D eigenvalue weighted by atomic mass is 127. The second-order valence-corrected chi connectivity index (χ2v) is 7.45. The first-order chi connectivity index (χ1) is 7.91. The number of primary sulfonamides is 1. The van der Waals surface area contributed by atoms with Crippen molar-refractivity contribution in [2.45, 2.75) is 24.7 Å². The van der Waals surface area contributed by atoms with Crippen molar-refractivity contribution >= 4 is 55.2 Å². The highest BCUT2D eigenvalue weighted by Gasteiger charge is 2.17. The predicted octanol–water partition coefficient (Wildman–Crippen LogP) is 2.60. The number of benzene rings is 1. The molecule has 1 aromatic rings. The number of aryl methyl sites for hydroxylation is 1. The van der Waals surface area contributed by atoms with E-state index in [-0.39, 0.29) is 0 Å². The molecule has 0 amide bonds. The lowest BCUT2D eigenvalue weighted by atomic mass is 9.98. The molecule has 0 aliphatic heterocycles. The lowest BCUT2D eigenvalue weighted by Crippen LogP contribution is -2.17. The zero-order chi connectivity index (χ0) is 13.1. The Morgan fingerprint density at radius 3 is 2.12 bits per heavy atom. The molecule has 96 valence electrons. The topological polar surface area (TPSA) is 60.2 Å². The Kier molecular flexibility index (Phi) is 6.14. The van der Waals surface area contributed by atoms with E-state index in [9.17, 15) is 8.42 Å². The Labute approximate surface area is 130 Å². The standard InChI is InChI=1S/C11H15I2NO2S/c1-8-2-3-11(17(14,15)16)10(5-7-13)9(8)4-6-12/h2-3H,4-7H2,1H3,(H2,14,15,16). The molecule has 0 unspecified atom stereocenters. The average molecular weight is 479 g/mol. The summed E-state index contributed by atoms with van der Waals surface area (Å²) in [5.74, 6) is 0. The lowest BCUT2D eigenvalue weighted by Gasteiger charge is -2.15. The number of rotatable bonds is 5. The number of sulfonamides is 1. The van der Waals surface area contributed by atoms with Crippen LogP contribution in [0.1, 0.15) is 16.7 Å². The molecule has 0 spiro atoms. The van der Waals surface area contributed by atoms with Crippen molar-refractivity contribution in [1.29, 1.82) is 0 Å². The zero-order valence-electron chi connectivity index (χ0n) is 9.54. The van der Waals surface area contributed by atoms with Gasteiger partial charge < -0.3 is 0 Å². The van der Waals surface area contributed by atoms with Crippen molar-refractivity contribution in [2.24, 2.45) is 5.14 Å². The van der Waals surface area contributed by atoms with Crippen LogP contribution in [0.2, 0.25) is 0 Å². The second-order valence-electron chi connectivity index (χ2n) is 3.76. The predicted molar refractivity (Wildman–Crippen MR) is 87.7 cm³/mol. The molecule has 6 heteroatoms. The van der Waals surface area contributed by atoms with Crippen LogP contribution in [-0.2, 0) is 22.9 Å². The van der Waals surface area contributed by atoms with E-state index in [1.807, 2.05) is 13.0 Å². The van der Waals surface area contributed by atoms with Crippen molar-refractivity contribution in [3.8, 4) is 0 Å². The molecule has 0 aliphatic carbocycles. The van der Waals surface area contributed by atoms with E-state index in [0.29, 0.717) is 4.90 Å². The van der Waals surface area contributed by atoms with Gasteiger partial charge in [-0.3, -0.25) is 0 Å². The summed E-state index contributed by atoms with van der Waals surface area (Å²) in [5.41, 5.74) is 3.19. The van der Waals surface area contributed by atoms with Crippen LogP contribution in [0.15, 0.2) is 17.0 Å². The first kappa shape index (κ1) is 15.6. The van der Waals surface area contributed by atoms with Gasteiger partial charge in [-0.2, -0.15) is 0 Å². The van der Waals surface area contributed by atoms with Gasteiger partial charge in [0, 0.05) is 8.86 Å². The third-order valence-corrected chi connectivity index (χ3v) is 4.69. The Morgan fingerprint density at radius 1 is 1.12 bits per heavy atom. The fraction of sp³-hybridized carbons (Fsp3) is 0.455. The number of nitrogens with two attached hydrogens (primary N) is 1. The normalized spacial score (nSPS) is 11.8. The maximum Gasteiger partial charge on any atom is 0.238 e. The number of hydrogen-bond acceptors (Lipinski definition) is 2. The van der Waals surface area contributed by atoms with Crippen LogP contribution in [0.25, 0.3) is 0 Å². The largest absolute Gasteiger partial charge is 0.238 e. The van der Waals surface area contributed by atoms with Gasteiger partial charge in [-0.15, -0.1) is 0 Å². The van der Waals surface area contributed by atoms with Gasteiger partial charge in [0.2, 0.25) is 10.0 Å². The van der Waals surface area contributed by atoms with Gasteiger partial charge in [-0.05, 0) is 42.5 Å². The van der Waals surface area contributed by atoms with Crippen LogP contribution in [-0.4, -0.2) is 17.3 Å². The van der Waals surface area contributed by atoms with Crippen LogP contribution >= 0.6 is 45.2 Å². The minimum Gasteiger partial charge on any atom is -0.225 e. The Bertz CT molecular complexity index is 500. The quantitative estimate of drug-likeness (QED) is 0.522. The molecule has 0 aliphatic rings. The van der Waals surface area contributed by atoms with Gasteiger partial charge in [0.1, 0.15) is 0 Å². The lowest BCUT2D eigenvalue weighted by molar-refractivity contribution is 0.596. The Balaban J connectivity index is 3.47. The summed E-state index contributed by atoms with van der Waals surface area (Å²) in [5, 5.41) is 5.27. The molecule has 1 aromatic carbocycles. The van der Waals surface area contributed by atoms with E-state index in [1.54, 1.807) is 6.07 Å². The van der Waals surface area contributed by atoms with Crippen LogP contribution in [0.5, 0.6) is 0 Å². The highest BCUT2D eigenvalue weighted by molar-refractivity contribution is 14.1. The first-order valence-electron chi connectivity index (χ1n) is 5.18. The summed E-state index contributed by atoms with van der Waals surface area (Å²) >= 11 is 4.56. The fourth-order valence-corrected chi connectivity index (χ4v) is 3.77. The van der Waals surface area contributed by atoms with Gasteiger partial charge in [0.25, 0.3) is 0 Å². The molecule has 0 saturated carbocycles. The maximum atomic E-state index is 11.6. The monoisotopic (exact) mass is 479 g/mol. The molecule has 2 N–H and O–H groups in total. The maximum absolute atomic E-state index is 11.6. The minimum atomic E-state index is -3.62. The summed E-state index contributed by atoms with van der Waals surface area (Å²) in [6.07, 6.45) is 1.64. The van der Waals surface area contributed by atoms with E-state index in [1.165, 1.54) is 0 Å². The van der Waals surface area contributed by atoms with Crippen LogP contribution in [0.4, 0.5) is 0 Å². The average Bonchev–Trinajstić information content (AvgIpc) is 2.22. The van der Waals surface area contributed by atoms with Crippen LogP contribution in [0.3, 0.4) is 0 Å². The molecule has 0 saturated heterocycles. The second kappa shape index (κ2) is 6.67. The van der Waals surface area contributed by atoms with E-state index < -0.39 is 10.0 Å². The van der Waals surface area contributed by atoms with Gasteiger partial charge in [0.05, 0.1) is 4.90 Å². The summed E-state index contributed by atoms with van der Waals surface area (Å²) < 4.78 is 25.0. The first-order valence-corrected chi connectivity index (χ1v) is 9.77. The minimum absolute atomic E-state index is 0.291. The molecular weight excluding hydrogens is 464 g/mol. The smallest absolute Gasteiger partial charge is 0.225 e. The third kappa shape index (κ3) is 4.03. The molecule has 0 fully saturated rings. The SMILES string of the molecule is Cc1ccc(S(N)(=O)=O)c(CCI)c1CCI. The molecule has 17 heavy (non-hydrogen) atoms. The number of halogens is 2.